The number of nitrogens with zero attached hydrogens (tertiary/aromatic N) is 4. The summed E-state index contributed by atoms with van der Waals surface area (Å²) >= 11 is 2.78. The molecule has 1 amide bonds. The predicted octanol–water partition coefficient (Wildman–Crippen LogP) is 4.57. The lowest BCUT2D eigenvalue weighted by atomic mass is 9.94. The van der Waals surface area contributed by atoms with Crippen LogP contribution in [0.4, 0.5) is 5.13 Å². The number of amidine groups is 1. The lowest BCUT2D eigenvalue weighted by Crippen LogP contribution is -2.40. The Morgan fingerprint density at radius 1 is 1.20 bits per heavy atom. The Morgan fingerprint density at radius 3 is 2.57 bits per heavy atom. The van der Waals surface area contributed by atoms with E-state index in [0.29, 0.717) is 20.8 Å². The van der Waals surface area contributed by atoms with E-state index in [1.54, 1.807) is 24.3 Å². The Balaban J connectivity index is 1.64. The van der Waals surface area contributed by atoms with E-state index in [0.717, 1.165) is 36.3 Å². The van der Waals surface area contributed by atoms with Gasteiger partial charge >= 0.3 is 5.97 Å². The van der Waals surface area contributed by atoms with E-state index in [1.807, 2.05) is 17.9 Å². The quantitative estimate of drug-likeness (QED) is 0.509. The number of hydrogen-bond acceptors (Lipinski definition) is 8. The molecule has 0 bridgehead atoms. The smallest absolute Gasteiger partial charge is 0.337 e. The van der Waals surface area contributed by atoms with Gasteiger partial charge in [-0.3, -0.25) is 9.69 Å². The van der Waals surface area contributed by atoms with Crippen LogP contribution in [0.2, 0.25) is 0 Å². The van der Waals surface area contributed by atoms with Crippen LogP contribution in [-0.2, 0) is 9.53 Å². The molecule has 0 unspecified atom stereocenters. The second kappa shape index (κ2) is 9.09. The first-order valence-corrected chi connectivity index (χ1v) is 11.5. The standard InChI is InChI=1S/C21H22N4O3S2/c1-13-23-24-20(29-13)22-21-25(16-6-4-3-5-7-16)18(26)17(30-21)12-14-8-10-15(11-9-14)19(27)28-2/h8-12,16H,3-7H2,1-2H3/b17-12-,22-21+. The van der Waals surface area contributed by atoms with Crippen LogP contribution in [0.1, 0.15) is 53.0 Å². The number of rotatable bonds is 4. The van der Waals surface area contributed by atoms with Crippen LogP contribution in [0, 0.1) is 6.92 Å². The lowest BCUT2D eigenvalue weighted by molar-refractivity contribution is -0.124. The third kappa shape index (κ3) is 4.46. The highest BCUT2D eigenvalue weighted by atomic mass is 32.2. The van der Waals surface area contributed by atoms with Gasteiger partial charge in [-0.25, -0.2) is 4.79 Å². The Labute approximate surface area is 183 Å². The number of aromatic nitrogens is 2. The first kappa shape index (κ1) is 20.7. The maximum Gasteiger partial charge on any atom is 0.337 e. The van der Waals surface area contributed by atoms with Crippen LogP contribution >= 0.6 is 23.1 Å². The van der Waals surface area contributed by atoms with Gasteiger partial charge in [0, 0.05) is 6.04 Å². The highest BCUT2D eigenvalue weighted by molar-refractivity contribution is 8.18. The molecule has 0 radical (unpaired) electrons. The molecule has 1 saturated heterocycles. The molecule has 1 aromatic heterocycles. The molecule has 2 aliphatic rings. The van der Waals surface area contributed by atoms with Crippen molar-refractivity contribution in [2.24, 2.45) is 4.99 Å². The zero-order valence-corrected chi connectivity index (χ0v) is 18.5. The molecular formula is C21H22N4O3S2. The molecule has 0 atom stereocenters. The van der Waals surface area contributed by atoms with Crippen LogP contribution in [0.5, 0.6) is 0 Å². The molecule has 9 heteroatoms. The molecule has 4 rings (SSSR count). The number of carbonyl (C=O) groups excluding carboxylic acids is 2. The molecule has 0 N–H and O–H groups in total. The van der Waals surface area contributed by atoms with E-state index in [2.05, 4.69) is 15.2 Å². The van der Waals surface area contributed by atoms with Gasteiger partial charge in [0.2, 0.25) is 5.13 Å². The van der Waals surface area contributed by atoms with E-state index in [-0.39, 0.29) is 17.9 Å². The second-order valence-corrected chi connectivity index (χ2v) is 9.36. The highest BCUT2D eigenvalue weighted by Crippen LogP contribution is 2.38. The van der Waals surface area contributed by atoms with Crippen LogP contribution in [0.25, 0.3) is 6.08 Å². The number of esters is 1. The average molecular weight is 443 g/mol. The van der Waals surface area contributed by atoms with Gasteiger partial charge in [-0.2, -0.15) is 4.99 Å². The topological polar surface area (TPSA) is 84.8 Å². The first-order chi connectivity index (χ1) is 14.5. The van der Waals surface area contributed by atoms with E-state index >= 15 is 0 Å². The lowest BCUT2D eigenvalue weighted by Gasteiger charge is -2.30. The second-order valence-electron chi connectivity index (χ2n) is 7.19. The summed E-state index contributed by atoms with van der Waals surface area (Å²) in [6.07, 6.45) is 7.28. The van der Waals surface area contributed by atoms with Gasteiger partial charge in [-0.05, 0) is 55.3 Å². The Bertz CT molecular complexity index is 1010. The van der Waals surface area contributed by atoms with Gasteiger partial charge in [0.25, 0.3) is 5.91 Å². The predicted molar refractivity (Wildman–Crippen MR) is 119 cm³/mol. The van der Waals surface area contributed by atoms with E-state index in [9.17, 15) is 9.59 Å². The average Bonchev–Trinajstić information content (AvgIpc) is 3.31. The van der Waals surface area contributed by atoms with Crippen LogP contribution in [0.15, 0.2) is 34.2 Å². The fraction of sp³-hybridized carbons (Fsp3) is 0.381. The van der Waals surface area contributed by atoms with Gasteiger partial charge in [0.15, 0.2) is 5.17 Å². The van der Waals surface area contributed by atoms with Crippen molar-refractivity contribution in [1.82, 2.24) is 15.1 Å². The monoisotopic (exact) mass is 442 g/mol. The third-order valence-corrected chi connectivity index (χ3v) is 6.83. The summed E-state index contributed by atoms with van der Waals surface area (Å²) in [6.45, 7) is 1.89. The molecule has 156 valence electrons. The summed E-state index contributed by atoms with van der Waals surface area (Å²) in [6, 6.07) is 7.17. The molecule has 2 heterocycles. The van der Waals surface area contributed by atoms with E-state index in [1.165, 1.54) is 36.6 Å². The highest BCUT2D eigenvalue weighted by Gasteiger charge is 2.38. The number of ether oxygens (including phenoxy) is 1. The molecule has 7 nitrogen and oxygen atoms in total. The summed E-state index contributed by atoms with van der Waals surface area (Å²) in [5.74, 6) is -0.408. The van der Waals surface area contributed by atoms with Crippen molar-refractivity contribution in [2.45, 2.75) is 45.1 Å². The van der Waals surface area contributed by atoms with Crippen LogP contribution < -0.4 is 0 Å². The van der Waals surface area contributed by atoms with Gasteiger partial charge in [0.05, 0.1) is 17.6 Å². The molecule has 1 aliphatic carbocycles. The minimum Gasteiger partial charge on any atom is -0.465 e. The normalized spacial score (nSPS) is 20.3. The van der Waals surface area contributed by atoms with Gasteiger partial charge in [-0.15, -0.1) is 10.2 Å². The van der Waals surface area contributed by atoms with Crippen LogP contribution in [-0.4, -0.2) is 45.3 Å². The van der Waals surface area contributed by atoms with Gasteiger partial charge in [0.1, 0.15) is 5.01 Å². The van der Waals surface area contributed by atoms with Crippen molar-refractivity contribution in [2.75, 3.05) is 7.11 Å². The summed E-state index contributed by atoms with van der Waals surface area (Å²) in [4.78, 5) is 32.0. The van der Waals surface area contributed by atoms with Gasteiger partial charge < -0.3 is 4.74 Å². The minimum atomic E-state index is -0.384. The number of methoxy groups -OCH3 is 1. The molecule has 1 saturated carbocycles. The van der Waals surface area contributed by atoms with Crippen molar-refractivity contribution >= 4 is 51.4 Å². The van der Waals surface area contributed by atoms with Crippen molar-refractivity contribution in [3.8, 4) is 0 Å². The Hall–Kier alpha value is -2.52. The van der Waals surface area contributed by atoms with Gasteiger partial charge in [-0.1, -0.05) is 42.7 Å². The fourth-order valence-corrected chi connectivity index (χ4v) is 5.28. The van der Waals surface area contributed by atoms with Crippen molar-refractivity contribution < 1.29 is 14.3 Å². The molecule has 30 heavy (non-hydrogen) atoms. The number of benzene rings is 1. The molecule has 1 aromatic carbocycles. The number of aliphatic imine (C=N–C) groups is 1. The number of carbonyl (C=O) groups is 2. The van der Waals surface area contributed by atoms with Crippen molar-refractivity contribution in [3.63, 3.8) is 0 Å². The van der Waals surface area contributed by atoms with Crippen LogP contribution in [0.3, 0.4) is 0 Å². The summed E-state index contributed by atoms with van der Waals surface area (Å²) in [5, 5.41) is 10.2. The molecule has 0 spiro atoms. The number of hydrogen-bond donors (Lipinski definition) is 0. The third-order valence-electron chi connectivity index (χ3n) is 5.11. The molecule has 1 aliphatic heterocycles. The zero-order valence-electron chi connectivity index (χ0n) is 16.8. The number of amides is 1. The molecule has 2 aromatic rings. The SMILES string of the molecule is COC(=O)c1ccc(/C=C2\S/C(=N/c3nnc(C)s3)N(C3CCCCC3)C2=O)cc1. The van der Waals surface area contributed by atoms with E-state index < -0.39 is 0 Å². The largest absolute Gasteiger partial charge is 0.465 e. The number of thioether (sulfide) groups is 1. The maximum atomic E-state index is 13.3. The van der Waals surface area contributed by atoms with Crippen molar-refractivity contribution in [1.29, 1.82) is 0 Å². The summed E-state index contributed by atoms with van der Waals surface area (Å²) < 4.78 is 4.74. The Kier molecular flexibility index (Phi) is 6.29. The summed E-state index contributed by atoms with van der Waals surface area (Å²) in [5.41, 5.74) is 1.32. The first-order valence-electron chi connectivity index (χ1n) is 9.85. The maximum absolute atomic E-state index is 13.3. The fourth-order valence-electron chi connectivity index (χ4n) is 3.62. The summed E-state index contributed by atoms with van der Waals surface area (Å²) in [7, 11) is 1.35. The zero-order chi connectivity index (χ0) is 21.1. The van der Waals surface area contributed by atoms with E-state index in [4.69, 9.17) is 4.74 Å². The number of aryl methyl sites for hydroxylation is 1. The molecule has 2 fully saturated rings. The Morgan fingerprint density at radius 2 is 1.93 bits per heavy atom. The van der Waals surface area contributed by atoms with Crippen molar-refractivity contribution in [3.05, 3.63) is 45.3 Å². The molecular weight excluding hydrogens is 420 g/mol. The minimum absolute atomic E-state index is 0.0241.